The zero-order valence-corrected chi connectivity index (χ0v) is 10.7. The van der Waals surface area contributed by atoms with Gasteiger partial charge in [-0.2, -0.15) is 0 Å². The van der Waals surface area contributed by atoms with Gasteiger partial charge in [0.05, 0.1) is 0 Å². The fraction of sp³-hybridized carbons (Fsp3) is 0.125. The van der Waals surface area contributed by atoms with Crippen molar-refractivity contribution in [1.82, 2.24) is 0 Å². The van der Waals surface area contributed by atoms with Crippen LogP contribution in [0.2, 0.25) is 0 Å². The van der Waals surface area contributed by atoms with Crippen molar-refractivity contribution < 1.29 is 14.7 Å². The Morgan fingerprint density at radius 1 is 1.00 bits per heavy atom. The van der Waals surface area contributed by atoms with Crippen molar-refractivity contribution in [2.75, 3.05) is 6.61 Å². The van der Waals surface area contributed by atoms with Crippen LogP contribution in [0, 0.1) is 0 Å². The van der Waals surface area contributed by atoms with E-state index in [1.54, 1.807) is 0 Å². The molecule has 2 aromatic rings. The van der Waals surface area contributed by atoms with Gasteiger partial charge in [-0.15, -0.1) is 0 Å². The summed E-state index contributed by atoms with van der Waals surface area (Å²) in [5.74, 6) is -1.06. The second-order valence-corrected chi connectivity index (χ2v) is 4.66. The van der Waals surface area contributed by atoms with Gasteiger partial charge in [0.15, 0.2) is 5.71 Å². The van der Waals surface area contributed by atoms with Crippen molar-refractivity contribution in [1.29, 1.82) is 0 Å². The Morgan fingerprint density at radius 2 is 1.50 bits per heavy atom. The Bertz CT molecular complexity index is 610. The minimum atomic E-state index is -1.06. The van der Waals surface area contributed by atoms with Gasteiger partial charge in [0, 0.05) is 0 Å². The van der Waals surface area contributed by atoms with Crippen molar-refractivity contribution in [2.45, 2.75) is 5.41 Å². The first-order valence-corrected chi connectivity index (χ1v) is 6.30. The summed E-state index contributed by atoms with van der Waals surface area (Å²) in [5, 5.41) is 13.2. The van der Waals surface area contributed by atoms with Crippen LogP contribution in [0.4, 0.5) is 0 Å². The molecule has 2 aromatic carbocycles. The lowest BCUT2D eigenvalue weighted by Gasteiger charge is -2.27. The van der Waals surface area contributed by atoms with Crippen LogP contribution in [0.1, 0.15) is 11.1 Å². The minimum absolute atomic E-state index is 0.0231. The first kappa shape index (κ1) is 12.4. The van der Waals surface area contributed by atoms with E-state index in [9.17, 15) is 9.90 Å². The van der Waals surface area contributed by atoms with Gasteiger partial charge in [-0.3, -0.25) is 0 Å². The minimum Gasteiger partial charge on any atom is -0.477 e. The highest BCUT2D eigenvalue weighted by atomic mass is 16.6. The molecule has 0 saturated carbocycles. The Labute approximate surface area is 116 Å². The van der Waals surface area contributed by atoms with Gasteiger partial charge in [0.25, 0.3) is 0 Å². The van der Waals surface area contributed by atoms with E-state index in [-0.39, 0.29) is 12.3 Å². The number of nitrogens with zero attached hydrogens (tertiary/aromatic N) is 1. The summed E-state index contributed by atoms with van der Waals surface area (Å²) in [5.41, 5.74) is 0.901. The summed E-state index contributed by atoms with van der Waals surface area (Å²) in [7, 11) is 0. The summed E-state index contributed by atoms with van der Waals surface area (Å²) >= 11 is 0. The molecule has 1 aliphatic rings. The molecule has 0 spiro atoms. The molecule has 4 nitrogen and oxygen atoms in total. The van der Waals surface area contributed by atoms with E-state index in [0.29, 0.717) is 0 Å². The zero-order chi connectivity index (χ0) is 14.0. The molecule has 0 saturated heterocycles. The highest BCUT2D eigenvalue weighted by Gasteiger charge is 2.48. The van der Waals surface area contributed by atoms with Gasteiger partial charge < -0.3 is 9.94 Å². The lowest BCUT2D eigenvalue weighted by Crippen LogP contribution is -2.41. The third kappa shape index (κ3) is 1.77. The molecule has 0 bridgehead atoms. The highest BCUT2D eigenvalue weighted by Crippen LogP contribution is 2.37. The standard InChI is InChI=1S/C16H13NO3/c18-15(19)14-16(11-20-17-14,12-7-3-1-4-8-12)13-9-5-2-6-10-13/h1-10H,11H2,(H,18,19). The van der Waals surface area contributed by atoms with Crippen LogP contribution in [0.5, 0.6) is 0 Å². The van der Waals surface area contributed by atoms with Crippen LogP contribution >= 0.6 is 0 Å². The van der Waals surface area contributed by atoms with Gasteiger partial charge in [0.1, 0.15) is 12.0 Å². The van der Waals surface area contributed by atoms with E-state index < -0.39 is 11.4 Å². The first-order valence-electron chi connectivity index (χ1n) is 6.30. The molecule has 4 heteroatoms. The second-order valence-electron chi connectivity index (χ2n) is 4.66. The third-order valence-electron chi connectivity index (χ3n) is 3.58. The van der Waals surface area contributed by atoms with Crippen molar-refractivity contribution in [3.63, 3.8) is 0 Å². The van der Waals surface area contributed by atoms with Crippen LogP contribution in [0.15, 0.2) is 65.8 Å². The average molecular weight is 267 g/mol. The van der Waals surface area contributed by atoms with Crippen molar-refractivity contribution in [3.8, 4) is 0 Å². The van der Waals surface area contributed by atoms with Crippen LogP contribution in [-0.4, -0.2) is 23.4 Å². The van der Waals surface area contributed by atoms with Crippen LogP contribution < -0.4 is 0 Å². The molecule has 1 aliphatic heterocycles. The summed E-state index contributed by atoms with van der Waals surface area (Å²) in [4.78, 5) is 16.7. The van der Waals surface area contributed by atoms with E-state index in [0.717, 1.165) is 11.1 Å². The topological polar surface area (TPSA) is 58.9 Å². The third-order valence-corrected chi connectivity index (χ3v) is 3.58. The lowest BCUT2D eigenvalue weighted by atomic mass is 9.72. The van der Waals surface area contributed by atoms with Crippen molar-refractivity contribution in [2.24, 2.45) is 5.16 Å². The summed E-state index contributed by atoms with van der Waals surface area (Å²) in [6.45, 7) is 0.197. The molecule has 0 atom stereocenters. The molecule has 1 N–H and O–H groups in total. The number of benzene rings is 2. The Hall–Kier alpha value is -2.62. The van der Waals surface area contributed by atoms with Crippen LogP contribution in [-0.2, 0) is 15.0 Å². The number of oxime groups is 1. The average Bonchev–Trinajstić information content (AvgIpc) is 2.95. The predicted molar refractivity (Wildman–Crippen MR) is 74.7 cm³/mol. The van der Waals surface area contributed by atoms with Crippen molar-refractivity contribution >= 4 is 11.7 Å². The van der Waals surface area contributed by atoms with E-state index in [2.05, 4.69) is 5.16 Å². The maximum atomic E-state index is 11.6. The van der Waals surface area contributed by atoms with E-state index in [4.69, 9.17) is 4.84 Å². The first-order chi connectivity index (χ1) is 9.75. The molecule has 0 radical (unpaired) electrons. The normalized spacial score (nSPS) is 16.3. The maximum Gasteiger partial charge on any atom is 0.355 e. The number of aliphatic carboxylic acids is 1. The number of carboxylic acid groups (broad SMARTS) is 1. The van der Waals surface area contributed by atoms with E-state index >= 15 is 0 Å². The predicted octanol–water partition coefficient (Wildman–Crippen LogP) is 2.44. The number of hydrogen-bond donors (Lipinski definition) is 1. The molecule has 20 heavy (non-hydrogen) atoms. The van der Waals surface area contributed by atoms with Gasteiger partial charge in [-0.25, -0.2) is 4.79 Å². The molecule has 1 heterocycles. The molecule has 0 fully saturated rings. The van der Waals surface area contributed by atoms with Gasteiger partial charge >= 0.3 is 5.97 Å². The fourth-order valence-electron chi connectivity index (χ4n) is 2.61. The SMILES string of the molecule is O=C(O)C1=NOCC1(c1ccccc1)c1ccccc1. The molecule has 0 aromatic heterocycles. The monoisotopic (exact) mass is 267 g/mol. The Balaban J connectivity index is 2.25. The number of hydrogen-bond acceptors (Lipinski definition) is 3. The number of carboxylic acids is 1. The summed E-state index contributed by atoms with van der Waals surface area (Å²) in [6.07, 6.45) is 0. The van der Waals surface area contributed by atoms with Crippen LogP contribution in [0.25, 0.3) is 0 Å². The molecule has 0 amide bonds. The largest absolute Gasteiger partial charge is 0.477 e. The Morgan fingerprint density at radius 3 is 1.95 bits per heavy atom. The highest BCUT2D eigenvalue weighted by molar-refractivity contribution is 6.40. The molecule has 0 aliphatic carbocycles. The Kier molecular flexibility index (Phi) is 2.99. The second kappa shape index (κ2) is 4.81. The molecular weight excluding hydrogens is 254 g/mol. The van der Waals surface area contributed by atoms with E-state index in [1.807, 2.05) is 60.7 Å². The van der Waals surface area contributed by atoms with E-state index in [1.165, 1.54) is 0 Å². The molecule has 100 valence electrons. The number of carbonyl (C=O) groups is 1. The smallest absolute Gasteiger partial charge is 0.355 e. The lowest BCUT2D eigenvalue weighted by molar-refractivity contribution is -0.129. The fourth-order valence-corrected chi connectivity index (χ4v) is 2.61. The van der Waals surface area contributed by atoms with Gasteiger partial charge in [0.2, 0.25) is 0 Å². The van der Waals surface area contributed by atoms with Crippen LogP contribution in [0.3, 0.4) is 0 Å². The quantitative estimate of drug-likeness (QED) is 0.929. The summed E-state index contributed by atoms with van der Waals surface area (Å²) in [6, 6.07) is 19.0. The molecule has 0 unspecified atom stereocenters. The molecule has 3 rings (SSSR count). The zero-order valence-electron chi connectivity index (χ0n) is 10.7. The molecular formula is C16H13NO3. The van der Waals surface area contributed by atoms with Crippen molar-refractivity contribution in [3.05, 3.63) is 71.8 Å². The van der Waals surface area contributed by atoms with Gasteiger partial charge in [-0.05, 0) is 11.1 Å². The summed E-state index contributed by atoms with van der Waals surface area (Å²) < 4.78 is 0. The maximum absolute atomic E-state index is 11.6. The number of rotatable bonds is 3. The van der Waals surface area contributed by atoms with Gasteiger partial charge in [-0.1, -0.05) is 65.8 Å².